The van der Waals surface area contributed by atoms with Crippen LogP contribution in [0.2, 0.25) is 0 Å². The lowest BCUT2D eigenvalue weighted by atomic mass is 10.0. The molecule has 1 unspecified atom stereocenters. The van der Waals surface area contributed by atoms with Crippen molar-refractivity contribution >= 4 is 52.5 Å². The molecule has 5 rings (SSSR count). The highest BCUT2D eigenvalue weighted by atomic mass is 32.2. The first-order chi connectivity index (χ1) is 15.9. The van der Waals surface area contributed by atoms with E-state index < -0.39 is 28.9 Å². The molecule has 2 aromatic heterocycles. The Morgan fingerprint density at radius 3 is 2.82 bits per heavy atom. The standard InChI is InChI=1S/C20H16N6O5S2/c27-11(6-9-4-2-1-3-5-9)23-13-17(29)26-14(19(30)31)10(7-32-18(13)26)33-20-24-15-12(16(28)25-20)21-8-22-15/h1-5,8,13,18H,6-7H2,(H,23,27)(H,30,31)(H2,21,22,24,25,28)/t13?,18-/m1/s1. The summed E-state index contributed by atoms with van der Waals surface area (Å²) in [7, 11) is 0. The van der Waals surface area contributed by atoms with Crippen molar-refractivity contribution in [3.05, 3.63) is 63.2 Å². The number of hydrogen-bond acceptors (Lipinski definition) is 8. The number of carbonyl (C=O) groups is 3. The second kappa shape index (κ2) is 8.41. The van der Waals surface area contributed by atoms with Gasteiger partial charge < -0.3 is 15.4 Å². The van der Waals surface area contributed by atoms with E-state index in [1.54, 1.807) is 0 Å². The Labute approximate surface area is 194 Å². The quantitative estimate of drug-likeness (QED) is 0.291. The van der Waals surface area contributed by atoms with Crippen molar-refractivity contribution in [1.82, 2.24) is 30.2 Å². The van der Waals surface area contributed by atoms with E-state index in [9.17, 15) is 24.3 Å². The molecule has 0 spiro atoms. The van der Waals surface area contributed by atoms with E-state index in [-0.39, 0.29) is 40.1 Å². The van der Waals surface area contributed by atoms with E-state index in [4.69, 9.17) is 0 Å². The van der Waals surface area contributed by atoms with Gasteiger partial charge in [0.1, 0.15) is 17.1 Å². The largest absolute Gasteiger partial charge is 0.477 e. The van der Waals surface area contributed by atoms with Gasteiger partial charge in [-0.15, -0.1) is 11.8 Å². The Kier molecular flexibility index (Phi) is 5.42. The smallest absolute Gasteiger partial charge is 0.353 e. The minimum atomic E-state index is -1.27. The topological polar surface area (TPSA) is 161 Å². The number of β-lactam (4-membered cyclic amide) rings is 1. The first-order valence-electron chi connectivity index (χ1n) is 9.78. The predicted molar refractivity (Wildman–Crippen MR) is 120 cm³/mol. The zero-order valence-electron chi connectivity index (χ0n) is 16.8. The van der Waals surface area contributed by atoms with Gasteiger partial charge in [0.2, 0.25) is 5.91 Å². The third-order valence-corrected chi connectivity index (χ3v) is 7.59. The van der Waals surface area contributed by atoms with Crippen molar-refractivity contribution in [2.45, 2.75) is 23.0 Å². The van der Waals surface area contributed by atoms with Crippen LogP contribution >= 0.6 is 23.5 Å². The summed E-state index contributed by atoms with van der Waals surface area (Å²) in [5.41, 5.74) is 0.639. The SMILES string of the molecule is O=C(Cc1ccccc1)NC1C(=O)N2C(C(=O)O)=C(Sc3nc4nc[nH]c4c(=O)[nH]3)CS[C@H]12. The maximum atomic E-state index is 12.8. The number of aromatic nitrogens is 4. The Morgan fingerprint density at radius 2 is 2.06 bits per heavy atom. The van der Waals surface area contributed by atoms with Crippen molar-refractivity contribution in [3.63, 3.8) is 0 Å². The maximum Gasteiger partial charge on any atom is 0.353 e. The second-order valence-corrected chi connectivity index (χ2v) is 9.46. The van der Waals surface area contributed by atoms with Gasteiger partial charge in [-0.2, -0.15) is 0 Å². The number of fused-ring (bicyclic) bond motifs is 2. The lowest BCUT2D eigenvalue weighted by Crippen LogP contribution is -2.70. The van der Waals surface area contributed by atoms with Crippen LogP contribution in [0, 0.1) is 0 Å². The summed E-state index contributed by atoms with van der Waals surface area (Å²) in [4.78, 5) is 64.4. The van der Waals surface area contributed by atoms with Gasteiger partial charge in [-0.3, -0.25) is 24.3 Å². The summed E-state index contributed by atoms with van der Waals surface area (Å²) in [6.45, 7) is 0. The molecule has 168 valence electrons. The highest BCUT2D eigenvalue weighted by Crippen LogP contribution is 2.44. The molecule has 13 heteroatoms. The maximum absolute atomic E-state index is 12.8. The summed E-state index contributed by atoms with van der Waals surface area (Å²) in [5, 5.41) is 12.2. The molecule has 0 aliphatic carbocycles. The number of nitrogens with zero attached hydrogens (tertiary/aromatic N) is 3. The van der Waals surface area contributed by atoms with Crippen LogP contribution in [0.15, 0.2) is 57.2 Å². The van der Waals surface area contributed by atoms with Crippen molar-refractivity contribution in [2.24, 2.45) is 0 Å². The Bertz CT molecular complexity index is 1370. The number of carboxylic acids is 1. The van der Waals surface area contributed by atoms with Gasteiger partial charge >= 0.3 is 5.97 Å². The Balaban J connectivity index is 1.35. The average molecular weight is 485 g/mol. The molecule has 1 fully saturated rings. The summed E-state index contributed by atoms with van der Waals surface area (Å²) in [6.07, 6.45) is 1.47. The normalized spacial score (nSPS) is 19.9. The van der Waals surface area contributed by atoms with E-state index in [1.807, 2.05) is 30.3 Å². The first kappa shape index (κ1) is 21.3. The fourth-order valence-electron chi connectivity index (χ4n) is 3.66. The van der Waals surface area contributed by atoms with Crippen LogP contribution in [0.5, 0.6) is 0 Å². The number of H-pyrrole nitrogens is 2. The molecular formula is C20H16N6O5S2. The summed E-state index contributed by atoms with van der Waals surface area (Å²) in [6, 6.07) is 8.33. The van der Waals surface area contributed by atoms with Gasteiger partial charge in [-0.05, 0) is 5.56 Å². The van der Waals surface area contributed by atoms with Gasteiger partial charge in [-0.1, -0.05) is 42.1 Å². The highest BCUT2D eigenvalue weighted by molar-refractivity contribution is 8.06. The zero-order valence-corrected chi connectivity index (χ0v) is 18.4. The lowest BCUT2D eigenvalue weighted by molar-refractivity contribution is -0.150. The Morgan fingerprint density at radius 1 is 1.27 bits per heavy atom. The molecule has 2 atom stereocenters. The number of rotatable bonds is 6. The predicted octanol–water partition coefficient (Wildman–Crippen LogP) is 0.677. The molecule has 0 bridgehead atoms. The third kappa shape index (κ3) is 3.89. The minimum absolute atomic E-state index is 0.124. The van der Waals surface area contributed by atoms with Crippen LogP contribution in [-0.4, -0.2) is 64.9 Å². The molecule has 33 heavy (non-hydrogen) atoms. The van der Waals surface area contributed by atoms with Crippen LogP contribution in [0.3, 0.4) is 0 Å². The van der Waals surface area contributed by atoms with Crippen molar-refractivity contribution in [2.75, 3.05) is 5.75 Å². The van der Waals surface area contributed by atoms with Crippen molar-refractivity contribution < 1.29 is 19.5 Å². The lowest BCUT2D eigenvalue weighted by Gasteiger charge is -2.49. The Hall–Kier alpha value is -3.58. The second-order valence-electron chi connectivity index (χ2n) is 7.27. The molecule has 1 aromatic carbocycles. The molecule has 0 saturated carbocycles. The molecule has 1 saturated heterocycles. The third-order valence-electron chi connectivity index (χ3n) is 5.15. The number of carbonyl (C=O) groups excluding carboxylic acids is 2. The van der Waals surface area contributed by atoms with Gasteiger partial charge in [0.15, 0.2) is 16.3 Å². The fraction of sp³-hybridized carbons (Fsp3) is 0.200. The average Bonchev–Trinajstić information content (AvgIpc) is 3.27. The number of hydrogen-bond donors (Lipinski definition) is 4. The van der Waals surface area contributed by atoms with Gasteiger partial charge in [-0.25, -0.2) is 14.8 Å². The summed E-state index contributed by atoms with van der Waals surface area (Å²) in [5.74, 6) is -1.80. The first-order valence-corrected chi connectivity index (χ1v) is 11.6. The monoisotopic (exact) mass is 484 g/mol. The molecule has 2 aliphatic rings. The summed E-state index contributed by atoms with van der Waals surface area (Å²) >= 11 is 2.31. The van der Waals surface area contributed by atoms with Gasteiger partial charge in [0, 0.05) is 10.7 Å². The van der Waals surface area contributed by atoms with Crippen molar-refractivity contribution in [1.29, 1.82) is 0 Å². The number of amides is 2. The number of nitrogens with one attached hydrogen (secondary N) is 3. The number of benzene rings is 1. The summed E-state index contributed by atoms with van der Waals surface area (Å²) < 4.78 is 0. The molecule has 11 nitrogen and oxygen atoms in total. The van der Waals surface area contributed by atoms with E-state index >= 15 is 0 Å². The van der Waals surface area contributed by atoms with Crippen LogP contribution < -0.4 is 10.9 Å². The molecule has 4 N–H and O–H groups in total. The van der Waals surface area contributed by atoms with E-state index in [1.165, 1.54) is 23.0 Å². The molecule has 2 amide bonds. The van der Waals surface area contributed by atoms with Crippen LogP contribution in [0.4, 0.5) is 0 Å². The number of carboxylic acid groups (broad SMARTS) is 1. The number of aromatic amines is 2. The molecule has 0 radical (unpaired) electrons. The highest BCUT2D eigenvalue weighted by Gasteiger charge is 2.54. The number of thioether (sulfide) groups is 2. The van der Waals surface area contributed by atoms with Gasteiger partial charge in [0.05, 0.1) is 12.7 Å². The van der Waals surface area contributed by atoms with E-state index in [0.29, 0.717) is 4.91 Å². The number of aliphatic carboxylic acids is 1. The van der Waals surface area contributed by atoms with Crippen LogP contribution in [0.25, 0.3) is 11.2 Å². The van der Waals surface area contributed by atoms with Crippen molar-refractivity contribution in [3.8, 4) is 0 Å². The van der Waals surface area contributed by atoms with Gasteiger partial charge in [0.25, 0.3) is 11.5 Å². The van der Waals surface area contributed by atoms with E-state index in [2.05, 4.69) is 25.3 Å². The molecule has 2 aliphatic heterocycles. The fourth-order valence-corrected chi connectivity index (χ4v) is 6.09. The van der Waals surface area contributed by atoms with E-state index in [0.717, 1.165) is 17.3 Å². The van der Waals surface area contributed by atoms with Crippen LogP contribution in [-0.2, 0) is 20.8 Å². The molecule has 3 aromatic rings. The zero-order chi connectivity index (χ0) is 23.1. The number of imidazole rings is 1. The molecule has 4 heterocycles. The van der Waals surface area contributed by atoms with Crippen LogP contribution in [0.1, 0.15) is 5.56 Å². The molecular weight excluding hydrogens is 468 g/mol. The minimum Gasteiger partial charge on any atom is -0.477 e.